The van der Waals surface area contributed by atoms with Gasteiger partial charge in [-0.25, -0.2) is 8.91 Å². The van der Waals surface area contributed by atoms with Crippen molar-refractivity contribution >= 4 is 22.8 Å². The molecule has 0 fully saturated rings. The Morgan fingerprint density at radius 2 is 2.00 bits per heavy atom. The molecule has 1 amide bonds. The molecule has 148 valence electrons. The summed E-state index contributed by atoms with van der Waals surface area (Å²) in [5.74, 6) is -0.414. The summed E-state index contributed by atoms with van der Waals surface area (Å²) in [6.45, 7) is 0.869. The molecule has 0 aliphatic rings. The molecule has 4 aromatic rings. The number of halogens is 1. The topological polar surface area (TPSA) is 68.4 Å². The lowest BCUT2D eigenvalue weighted by Gasteiger charge is -2.07. The number of benzene rings is 1. The summed E-state index contributed by atoms with van der Waals surface area (Å²) >= 11 is 1.67. The van der Waals surface area contributed by atoms with Crippen LogP contribution < -0.4 is 10.9 Å². The average Bonchev–Trinajstić information content (AvgIpc) is 3.38. The van der Waals surface area contributed by atoms with Gasteiger partial charge in [0, 0.05) is 42.3 Å². The van der Waals surface area contributed by atoms with E-state index in [9.17, 15) is 14.0 Å². The predicted molar refractivity (Wildman–Crippen MR) is 110 cm³/mol. The fourth-order valence-corrected chi connectivity index (χ4v) is 3.76. The SMILES string of the molecule is O=C(CCn1ccn2nc(-c3ccc(F)cc3)cc2c1=O)NCCc1cccs1. The van der Waals surface area contributed by atoms with Gasteiger partial charge in [0.2, 0.25) is 5.91 Å². The highest BCUT2D eigenvalue weighted by atomic mass is 32.1. The third-order valence-electron chi connectivity index (χ3n) is 4.60. The smallest absolute Gasteiger partial charge is 0.276 e. The molecule has 29 heavy (non-hydrogen) atoms. The average molecular weight is 410 g/mol. The molecule has 3 heterocycles. The number of rotatable bonds is 7. The fourth-order valence-electron chi connectivity index (χ4n) is 3.05. The molecule has 0 unspecified atom stereocenters. The molecule has 6 nitrogen and oxygen atoms in total. The van der Waals surface area contributed by atoms with E-state index in [-0.39, 0.29) is 30.2 Å². The van der Waals surface area contributed by atoms with E-state index in [1.165, 1.54) is 26.1 Å². The Labute approximate surface area is 170 Å². The molecule has 1 N–H and O–H groups in total. The van der Waals surface area contributed by atoms with E-state index >= 15 is 0 Å². The number of aryl methyl sites for hydroxylation is 1. The molecule has 0 saturated carbocycles. The minimum atomic E-state index is -0.325. The standard InChI is InChI=1S/C21H19FN4O2S/c22-16-5-3-15(4-6-16)18-14-19-21(28)25(11-12-26(19)24-18)10-8-20(27)23-9-7-17-2-1-13-29-17/h1-6,11-14H,7-10H2,(H,23,27). The maximum atomic E-state index is 13.1. The van der Waals surface area contributed by atoms with Crippen LogP contribution in [0.3, 0.4) is 0 Å². The molecule has 4 rings (SSSR count). The highest BCUT2D eigenvalue weighted by molar-refractivity contribution is 7.09. The van der Waals surface area contributed by atoms with Gasteiger partial charge in [-0.15, -0.1) is 11.3 Å². The van der Waals surface area contributed by atoms with Crippen LogP contribution in [0.1, 0.15) is 11.3 Å². The van der Waals surface area contributed by atoms with Gasteiger partial charge in [-0.3, -0.25) is 9.59 Å². The van der Waals surface area contributed by atoms with Gasteiger partial charge in [-0.05, 0) is 48.2 Å². The van der Waals surface area contributed by atoms with E-state index in [0.29, 0.717) is 17.8 Å². The summed E-state index contributed by atoms with van der Waals surface area (Å²) in [5.41, 5.74) is 1.50. The van der Waals surface area contributed by atoms with Crippen LogP contribution in [0.5, 0.6) is 0 Å². The van der Waals surface area contributed by atoms with Crippen molar-refractivity contribution < 1.29 is 9.18 Å². The Hall–Kier alpha value is -3.26. The van der Waals surface area contributed by atoms with Crippen LogP contribution >= 0.6 is 11.3 Å². The van der Waals surface area contributed by atoms with Gasteiger partial charge >= 0.3 is 0 Å². The Morgan fingerprint density at radius 1 is 1.17 bits per heavy atom. The molecule has 0 atom stereocenters. The van der Waals surface area contributed by atoms with Crippen molar-refractivity contribution in [1.29, 1.82) is 0 Å². The van der Waals surface area contributed by atoms with E-state index < -0.39 is 0 Å². The number of hydrogen-bond donors (Lipinski definition) is 1. The number of aromatic nitrogens is 3. The van der Waals surface area contributed by atoms with Crippen LogP contribution in [0.15, 0.2) is 65.0 Å². The largest absolute Gasteiger partial charge is 0.356 e. The molecule has 1 aromatic carbocycles. The van der Waals surface area contributed by atoms with Gasteiger partial charge in [0.25, 0.3) is 5.56 Å². The van der Waals surface area contributed by atoms with Crippen LogP contribution in [-0.4, -0.2) is 26.6 Å². The van der Waals surface area contributed by atoms with Crippen LogP contribution in [0.4, 0.5) is 4.39 Å². The molecule has 0 radical (unpaired) electrons. The predicted octanol–water partition coefficient (Wildman–Crippen LogP) is 3.11. The van der Waals surface area contributed by atoms with Gasteiger partial charge in [0.1, 0.15) is 11.3 Å². The van der Waals surface area contributed by atoms with E-state index in [2.05, 4.69) is 10.4 Å². The number of hydrogen-bond acceptors (Lipinski definition) is 4. The van der Waals surface area contributed by atoms with E-state index in [1.54, 1.807) is 41.9 Å². The number of carbonyl (C=O) groups excluding carboxylic acids is 1. The van der Waals surface area contributed by atoms with Crippen LogP contribution in [0.2, 0.25) is 0 Å². The minimum absolute atomic E-state index is 0.0890. The Balaban J connectivity index is 1.41. The lowest BCUT2D eigenvalue weighted by Crippen LogP contribution is -2.29. The lowest BCUT2D eigenvalue weighted by molar-refractivity contribution is -0.121. The minimum Gasteiger partial charge on any atom is -0.356 e. The second-order valence-electron chi connectivity index (χ2n) is 6.59. The summed E-state index contributed by atoms with van der Waals surface area (Å²) in [4.78, 5) is 26.0. The summed E-state index contributed by atoms with van der Waals surface area (Å²) < 4.78 is 16.1. The monoisotopic (exact) mass is 410 g/mol. The fraction of sp³-hybridized carbons (Fsp3) is 0.190. The molecule has 3 aromatic heterocycles. The summed E-state index contributed by atoms with van der Waals surface area (Å²) in [6, 6.07) is 11.7. The van der Waals surface area contributed by atoms with E-state index in [4.69, 9.17) is 0 Å². The summed E-state index contributed by atoms with van der Waals surface area (Å²) in [7, 11) is 0. The zero-order valence-corrected chi connectivity index (χ0v) is 16.4. The highest BCUT2D eigenvalue weighted by Crippen LogP contribution is 2.18. The summed E-state index contributed by atoms with van der Waals surface area (Å²) in [5, 5.41) is 9.27. The normalized spacial score (nSPS) is 11.1. The third kappa shape index (κ3) is 4.43. The van der Waals surface area contributed by atoms with Gasteiger partial charge in [0.15, 0.2) is 0 Å². The molecule has 0 bridgehead atoms. The number of amides is 1. The quantitative estimate of drug-likeness (QED) is 0.509. The third-order valence-corrected chi connectivity index (χ3v) is 5.53. The van der Waals surface area contributed by atoms with Crippen molar-refractivity contribution in [3.8, 4) is 11.3 Å². The van der Waals surface area contributed by atoms with Crippen molar-refractivity contribution in [1.82, 2.24) is 19.5 Å². The number of thiophene rings is 1. The molecule has 0 saturated heterocycles. The van der Waals surface area contributed by atoms with Crippen molar-refractivity contribution in [2.24, 2.45) is 0 Å². The molecule has 0 aliphatic carbocycles. The number of carbonyl (C=O) groups is 1. The molecular weight excluding hydrogens is 391 g/mol. The number of nitrogens with one attached hydrogen (secondary N) is 1. The summed E-state index contributed by atoms with van der Waals surface area (Å²) in [6.07, 6.45) is 4.32. The molecule has 0 spiro atoms. The van der Waals surface area contributed by atoms with Gasteiger partial charge in [0.05, 0.1) is 5.69 Å². The maximum Gasteiger partial charge on any atom is 0.276 e. The van der Waals surface area contributed by atoms with E-state index in [0.717, 1.165) is 12.0 Å². The van der Waals surface area contributed by atoms with Crippen molar-refractivity contribution in [3.05, 3.63) is 81.3 Å². The lowest BCUT2D eigenvalue weighted by atomic mass is 10.1. The highest BCUT2D eigenvalue weighted by Gasteiger charge is 2.10. The Morgan fingerprint density at radius 3 is 2.76 bits per heavy atom. The van der Waals surface area contributed by atoms with Gasteiger partial charge in [-0.2, -0.15) is 5.10 Å². The van der Waals surface area contributed by atoms with Crippen LogP contribution in [0.25, 0.3) is 16.8 Å². The molecule has 8 heteroatoms. The van der Waals surface area contributed by atoms with Crippen molar-refractivity contribution in [2.75, 3.05) is 6.54 Å². The van der Waals surface area contributed by atoms with Gasteiger partial charge in [-0.1, -0.05) is 6.07 Å². The Kier molecular flexibility index (Phi) is 5.53. The van der Waals surface area contributed by atoms with E-state index in [1.807, 2.05) is 17.5 Å². The first-order valence-electron chi connectivity index (χ1n) is 9.24. The second kappa shape index (κ2) is 8.40. The van der Waals surface area contributed by atoms with Crippen LogP contribution in [0, 0.1) is 5.82 Å². The van der Waals surface area contributed by atoms with Crippen molar-refractivity contribution in [2.45, 2.75) is 19.4 Å². The maximum absolute atomic E-state index is 13.1. The molecule has 0 aliphatic heterocycles. The Bertz CT molecular complexity index is 1180. The zero-order valence-electron chi connectivity index (χ0n) is 15.5. The molecular formula is C21H19FN4O2S. The number of fused-ring (bicyclic) bond motifs is 1. The first-order chi connectivity index (χ1) is 14.1. The van der Waals surface area contributed by atoms with Gasteiger partial charge < -0.3 is 9.88 Å². The second-order valence-corrected chi connectivity index (χ2v) is 7.62. The first-order valence-corrected chi connectivity index (χ1v) is 10.1. The zero-order chi connectivity index (χ0) is 20.2. The van der Waals surface area contributed by atoms with Crippen LogP contribution in [-0.2, 0) is 17.8 Å². The van der Waals surface area contributed by atoms with Crippen molar-refractivity contribution in [3.63, 3.8) is 0 Å². The number of nitrogens with zero attached hydrogens (tertiary/aromatic N) is 3. The first kappa shape index (κ1) is 19.1.